The second kappa shape index (κ2) is 24.0. The third-order valence-corrected chi connectivity index (χ3v) is 11.9. The van der Waals surface area contributed by atoms with E-state index in [0.29, 0.717) is 42.7 Å². The number of urea groups is 1. The standard InChI is InChI=1S/C20H28N.C18H23N.C11H18N2O3.BrH/c1-5-21(3,4)17(2)16-20(18-12-8-6-9-13-18)19-14-10-7-11-15-19;1-15(19(2)3)14-18(16-10-6-4-7-11-16)17-12-8-5-9-13-17;1-4-11(6-5-7(2)3)8(14)12-10(16)13-9(11)15;/h6-15,17,20H,5,16H2,1-4H3;4-13,15,18H,14H2,1-3H3;7H,4-6H2,1-3H3,(H2,12,13,14,15,16);1H/q+1;;;/p-1. The topological polar surface area (TPSA) is 78.5 Å². The van der Waals surface area contributed by atoms with E-state index >= 15 is 0 Å². The van der Waals surface area contributed by atoms with Gasteiger partial charge in [0.15, 0.2) is 0 Å². The van der Waals surface area contributed by atoms with Crippen LogP contribution in [0.2, 0.25) is 0 Å². The van der Waals surface area contributed by atoms with Crippen molar-refractivity contribution in [2.45, 2.75) is 97.6 Å². The van der Waals surface area contributed by atoms with E-state index in [0.717, 1.165) is 23.9 Å². The first-order chi connectivity index (χ1) is 26.6. The van der Waals surface area contributed by atoms with Gasteiger partial charge in [-0.2, -0.15) is 0 Å². The van der Waals surface area contributed by atoms with E-state index in [1.807, 2.05) is 13.8 Å². The minimum Gasteiger partial charge on any atom is -1.00 e. The number of nitrogens with one attached hydrogen (secondary N) is 2. The first-order valence-corrected chi connectivity index (χ1v) is 20.5. The van der Waals surface area contributed by atoms with Gasteiger partial charge < -0.3 is 26.4 Å². The predicted octanol–water partition coefficient (Wildman–Crippen LogP) is 7.04. The van der Waals surface area contributed by atoms with E-state index in [4.69, 9.17) is 0 Å². The van der Waals surface area contributed by atoms with Gasteiger partial charge in [0, 0.05) is 24.3 Å². The molecule has 310 valence electrons. The van der Waals surface area contributed by atoms with E-state index in [1.165, 1.54) is 28.7 Å². The Labute approximate surface area is 355 Å². The van der Waals surface area contributed by atoms with E-state index in [2.05, 4.69) is 186 Å². The Morgan fingerprint density at radius 3 is 1.25 bits per heavy atom. The minimum atomic E-state index is -1.07. The number of benzene rings is 4. The normalized spacial score (nSPS) is 14.7. The van der Waals surface area contributed by atoms with Crippen molar-refractivity contribution in [2.24, 2.45) is 11.3 Å². The summed E-state index contributed by atoms with van der Waals surface area (Å²) in [5.74, 6) is 0.432. The average Bonchev–Trinajstić information content (AvgIpc) is 3.20. The van der Waals surface area contributed by atoms with Crippen molar-refractivity contribution in [3.8, 4) is 0 Å². The number of halogens is 1. The molecule has 4 amide bonds. The number of hydrogen-bond acceptors (Lipinski definition) is 4. The molecule has 57 heavy (non-hydrogen) atoms. The molecule has 0 spiro atoms. The molecule has 7 nitrogen and oxygen atoms in total. The Hall–Kier alpha value is -4.11. The van der Waals surface area contributed by atoms with Gasteiger partial charge >= 0.3 is 6.03 Å². The number of imide groups is 2. The number of carbonyl (C=O) groups excluding carboxylic acids is 3. The van der Waals surface area contributed by atoms with Crippen molar-refractivity contribution in [1.82, 2.24) is 15.5 Å². The Balaban J connectivity index is 0.000000295. The summed E-state index contributed by atoms with van der Waals surface area (Å²) in [4.78, 5) is 36.8. The lowest BCUT2D eigenvalue weighted by Gasteiger charge is -2.37. The van der Waals surface area contributed by atoms with Crippen LogP contribution in [-0.2, 0) is 9.59 Å². The van der Waals surface area contributed by atoms with E-state index in [1.54, 1.807) is 6.92 Å². The molecular weight excluding hydrogens is 772 g/mol. The first-order valence-electron chi connectivity index (χ1n) is 20.5. The van der Waals surface area contributed by atoms with Crippen LogP contribution in [-0.4, -0.2) is 74.0 Å². The Kier molecular flexibility index (Phi) is 20.6. The molecule has 5 rings (SSSR count). The molecule has 1 aliphatic heterocycles. The quantitative estimate of drug-likeness (QED) is 0.0996. The fourth-order valence-electron chi connectivity index (χ4n) is 7.00. The lowest BCUT2D eigenvalue weighted by molar-refractivity contribution is -0.911. The van der Waals surface area contributed by atoms with Crippen LogP contribution < -0.4 is 27.6 Å². The molecular formula is C49H69BrN4O3. The van der Waals surface area contributed by atoms with Gasteiger partial charge in [-0.05, 0) is 88.7 Å². The number of barbiturate groups is 1. The first kappa shape index (κ1) is 49.0. The van der Waals surface area contributed by atoms with Gasteiger partial charge in [-0.1, -0.05) is 142 Å². The summed E-state index contributed by atoms with van der Waals surface area (Å²) in [5, 5.41) is 4.33. The molecule has 1 saturated heterocycles. The molecule has 2 unspecified atom stereocenters. The molecule has 0 aromatic heterocycles. The molecule has 1 aliphatic rings. The van der Waals surface area contributed by atoms with Crippen LogP contribution in [0.5, 0.6) is 0 Å². The SMILES string of the molecule is CC(CC(c1ccccc1)c1ccccc1)N(C)C.CCC1(CCC(C)C)C(=O)NC(=O)NC1=O.CC[N+](C)(C)C(C)CC(c1ccccc1)c1ccccc1.[Br-]. The molecule has 0 bridgehead atoms. The lowest BCUT2D eigenvalue weighted by atomic mass is 9.76. The Morgan fingerprint density at radius 2 is 0.947 bits per heavy atom. The van der Waals surface area contributed by atoms with Crippen LogP contribution in [0, 0.1) is 11.3 Å². The number of hydrogen-bond donors (Lipinski definition) is 2. The zero-order valence-electron chi connectivity index (χ0n) is 36.2. The molecule has 2 N–H and O–H groups in total. The highest BCUT2D eigenvalue weighted by molar-refractivity contribution is 6.19. The van der Waals surface area contributed by atoms with Crippen molar-refractivity contribution < 1.29 is 35.8 Å². The predicted molar refractivity (Wildman–Crippen MR) is 232 cm³/mol. The molecule has 4 aromatic carbocycles. The van der Waals surface area contributed by atoms with Gasteiger partial charge in [0.25, 0.3) is 0 Å². The number of carbonyl (C=O) groups is 3. The van der Waals surface area contributed by atoms with Crippen molar-refractivity contribution >= 4 is 17.8 Å². The fourth-order valence-corrected chi connectivity index (χ4v) is 7.00. The molecule has 0 radical (unpaired) electrons. The summed E-state index contributed by atoms with van der Waals surface area (Å²) in [6.07, 6.45) is 3.98. The third-order valence-electron chi connectivity index (χ3n) is 11.9. The summed E-state index contributed by atoms with van der Waals surface area (Å²) < 4.78 is 1.07. The van der Waals surface area contributed by atoms with E-state index in [9.17, 15) is 14.4 Å². The van der Waals surface area contributed by atoms with E-state index in [-0.39, 0.29) is 17.0 Å². The van der Waals surface area contributed by atoms with E-state index < -0.39 is 23.3 Å². The van der Waals surface area contributed by atoms with Crippen molar-refractivity contribution in [3.63, 3.8) is 0 Å². The molecule has 0 saturated carbocycles. The van der Waals surface area contributed by atoms with Gasteiger partial charge in [-0.25, -0.2) is 4.79 Å². The number of quaternary nitrogens is 1. The second-order valence-corrected chi connectivity index (χ2v) is 16.6. The van der Waals surface area contributed by atoms with Crippen molar-refractivity contribution in [3.05, 3.63) is 144 Å². The summed E-state index contributed by atoms with van der Waals surface area (Å²) in [5.41, 5.74) is 4.58. The monoisotopic (exact) mass is 840 g/mol. The maximum Gasteiger partial charge on any atom is 0.328 e. The summed E-state index contributed by atoms with van der Waals surface area (Å²) >= 11 is 0. The molecule has 0 aliphatic carbocycles. The summed E-state index contributed by atoms with van der Waals surface area (Å²) in [7, 11) is 8.96. The molecule has 1 fully saturated rings. The smallest absolute Gasteiger partial charge is 0.328 e. The van der Waals surface area contributed by atoms with Crippen molar-refractivity contribution in [2.75, 3.05) is 34.7 Å². The lowest BCUT2D eigenvalue weighted by Crippen LogP contribution is -3.00. The van der Waals surface area contributed by atoms with Gasteiger partial charge in [0.1, 0.15) is 5.41 Å². The molecule has 4 aromatic rings. The summed E-state index contributed by atoms with van der Waals surface area (Å²) in [6.45, 7) is 14.0. The van der Waals surface area contributed by atoms with Gasteiger partial charge in [0.05, 0.1) is 26.7 Å². The van der Waals surface area contributed by atoms with Crippen LogP contribution in [0.25, 0.3) is 0 Å². The molecule has 8 heteroatoms. The Morgan fingerprint density at radius 1 is 0.596 bits per heavy atom. The highest BCUT2D eigenvalue weighted by atomic mass is 79.9. The number of nitrogens with zero attached hydrogens (tertiary/aromatic N) is 2. The average molecular weight is 842 g/mol. The minimum absolute atomic E-state index is 0. The fraction of sp³-hybridized carbons (Fsp3) is 0.449. The zero-order chi connectivity index (χ0) is 41.3. The van der Waals surface area contributed by atoms with Gasteiger partial charge in [0.2, 0.25) is 11.8 Å². The van der Waals surface area contributed by atoms with Crippen LogP contribution in [0.15, 0.2) is 121 Å². The van der Waals surface area contributed by atoms with Crippen LogP contribution >= 0.6 is 0 Å². The zero-order valence-corrected chi connectivity index (χ0v) is 37.8. The van der Waals surface area contributed by atoms with Gasteiger partial charge in [-0.3, -0.25) is 20.2 Å². The van der Waals surface area contributed by atoms with Crippen LogP contribution in [0.4, 0.5) is 4.79 Å². The highest BCUT2D eigenvalue weighted by Crippen LogP contribution is 2.33. The van der Waals surface area contributed by atoms with Crippen LogP contribution in [0.1, 0.15) is 108 Å². The van der Waals surface area contributed by atoms with Crippen molar-refractivity contribution in [1.29, 1.82) is 0 Å². The maximum absolute atomic E-state index is 11.8. The second-order valence-electron chi connectivity index (χ2n) is 16.6. The summed E-state index contributed by atoms with van der Waals surface area (Å²) in [6, 6.07) is 43.9. The van der Waals surface area contributed by atoms with Crippen LogP contribution in [0.3, 0.4) is 0 Å². The number of amides is 4. The maximum atomic E-state index is 11.8. The number of rotatable bonds is 15. The molecule has 1 heterocycles. The molecule has 2 atom stereocenters. The third kappa shape index (κ3) is 14.7. The Bertz CT molecular complexity index is 1650. The van der Waals surface area contributed by atoms with Gasteiger partial charge in [-0.15, -0.1) is 0 Å². The highest BCUT2D eigenvalue weighted by Gasteiger charge is 2.48. The largest absolute Gasteiger partial charge is 1.00 e.